The van der Waals surface area contributed by atoms with E-state index in [9.17, 15) is 9.59 Å². The van der Waals surface area contributed by atoms with E-state index >= 15 is 0 Å². The third-order valence-electron chi connectivity index (χ3n) is 5.37. The standard InChI is InChI=1S/C25H32O6/c1-4-5-6-7-19-8-10-20(11-9-19)21-12-22(30-24(28)17(2)15-26)14-23(13-21)31-25(29)18(3)16-27/h10,12-14,19,26-27H,2-9,11,15-16H2,1H3. The zero-order valence-corrected chi connectivity index (χ0v) is 18.2. The molecular formula is C25H32O6. The van der Waals surface area contributed by atoms with Gasteiger partial charge in [0.2, 0.25) is 0 Å². The number of ether oxygens (including phenoxy) is 2. The van der Waals surface area contributed by atoms with E-state index in [2.05, 4.69) is 26.2 Å². The van der Waals surface area contributed by atoms with Gasteiger partial charge in [0.05, 0.1) is 24.4 Å². The van der Waals surface area contributed by atoms with Crippen LogP contribution in [0.4, 0.5) is 0 Å². The number of hydrogen-bond acceptors (Lipinski definition) is 6. The van der Waals surface area contributed by atoms with Gasteiger partial charge in [-0.2, -0.15) is 0 Å². The van der Waals surface area contributed by atoms with Crippen LogP contribution in [-0.4, -0.2) is 35.4 Å². The second kappa shape index (κ2) is 12.2. The van der Waals surface area contributed by atoms with E-state index in [0.717, 1.165) is 30.4 Å². The van der Waals surface area contributed by atoms with Gasteiger partial charge in [-0.1, -0.05) is 51.8 Å². The maximum Gasteiger partial charge on any atom is 0.341 e. The second-order valence-corrected chi connectivity index (χ2v) is 7.86. The van der Waals surface area contributed by atoms with Crippen molar-refractivity contribution in [3.05, 3.63) is 54.1 Å². The van der Waals surface area contributed by atoms with Crippen molar-refractivity contribution in [3.8, 4) is 11.5 Å². The highest BCUT2D eigenvalue weighted by Crippen LogP contribution is 2.36. The van der Waals surface area contributed by atoms with Crippen LogP contribution in [0.25, 0.3) is 5.57 Å². The molecule has 168 valence electrons. The molecule has 1 unspecified atom stereocenters. The zero-order chi connectivity index (χ0) is 22.8. The lowest BCUT2D eigenvalue weighted by Crippen LogP contribution is -2.15. The highest BCUT2D eigenvalue weighted by atomic mass is 16.5. The molecule has 1 aromatic rings. The fourth-order valence-electron chi connectivity index (χ4n) is 3.46. The Hall–Kier alpha value is -2.70. The molecule has 0 fully saturated rings. The lowest BCUT2D eigenvalue weighted by atomic mass is 9.84. The molecule has 0 heterocycles. The van der Waals surface area contributed by atoms with Crippen molar-refractivity contribution in [3.63, 3.8) is 0 Å². The minimum absolute atomic E-state index is 0.0793. The topological polar surface area (TPSA) is 93.1 Å². The van der Waals surface area contributed by atoms with E-state index in [1.807, 2.05) is 0 Å². The maximum atomic E-state index is 12.0. The number of rotatable bonds is 11. The fraction of sp³-hybridized carbons (Fsp3) is 0.440. The fourth-order valence-corrected chi connectivity index (χ4v) is 3.46. The smallest absolute Gasteiger partial charge is 0.341 e. The summed E-state index contributed by atoms with van der Waals surface area (Å²) in [5.41, 5.74) is 1.74. The number of allylic oxidation sites excluding steroid dienone is 2. The number of unbranched alkanes of at least 4 members (excludes halogenated alkanes) is 2. The monoisotopic (exact) mass is 428 g/mol. The second-order valence-electron chi connectivity index (χ2n) is 7.86. The summed E-state index contributed by atoms with van der Waals surface area (Å²) in [7, 11) is 0. The van der Waals surface area contributed by atoms with Gasteiger partial charge in [0.25, 0.3) is 0 Å². The third-order valence-corrected chi connectivity index (χ3v) is 5.37. The Morgan fingerprint density at radius 3 is 2.03 bits per heavy atom. The van der Waals surface area contributed by atoms with E-state index in [1.165, 1.54) is 31.7 Å². The van der Waals surface area contributed by atoms with Crippen molar-refractivity contribution in [1.29, 1.82) is 0 Å². The molecule has 0 spiro atoms. The van der Waals surface area contributed by atoms with Crippen molar-refractivity contribution in [2.24, 2.45) is 5.92 Å². The third kappa shape index (κ3) is 7.49. The van der Waals surface area contributed by atoms with E-state index in [1.54, 1.807) is 12.1 Å². The van der Waals surface area contributed by atoms with E-state index < -0.39 is 25.2 Å². The Morgan fingerprint density at radius 1 is 1.00 bits per heavy atom. The first kappa shape index (κ1) is 24.6. The molecule has 0 amide bonds. The average Bonchev–Trinajstić information content (AvgIpc) is 2.78. The summed E-state index contributed by atoms with van der Waals surface area (Å²) in [6.07, 6.45) is 10.1. The largest absolute Gasteiger partial charge is 0.423 e. The molecule has 1 aliphatic carbocycles. The van der Waals surface area contributed by atoms with Crippen LogP contribution in [0.2, 0.25) is 0 Å². The summed E-state index contributed by atoms with van der Waals surface area (Å²) in [5, 5.41) is 18.2. The van der Waals surface area contributed by atoms with Crippen molar-refractivity contribution in [1.82, 2.24) is 0 Å². The van der Waals surface area contributed by atoms with Crippen LogP contribution in [0, 0.1) is 5.92 Å². The van der Waals surface area contributed by atoms with Crippen LogP contribution in [0.15, 0.2) is 48.6 Å². The van der Waals surface area contributed by atoms with E-state index in [4.69, 9.17) is 19.7 Å². The number of benzene rings is 1. The normalized spacial score (nSPS) is 15.7. The van der Waals surface area contributed by atoms with Gasteiger partial charge >= 0.3 is 11.9 Å². The van der Waals surface area contributed by atoms with Crippen molar-refractivity contribution in [2.75, 3.05) is 13.2 Å². The molecule has 31 heavy (non-hydrogen) atoms. The molecule has 2 rings (SSSR count). The van der Waals surface area contributed by atoms with Crippen molar-refractivity contribution >= 4 is 17.5 Å². The molecule has 0 radical (unpaired) electrons. The Balaban J connectivity index is 2.24. The number of aliphatic hydroxyl groups is 2. The number of hydrogen-bond donors (Lipinski definition) is 2. The van der Waals surface area contributed by atoms with Gasteiger partial charge < -0.3 is 19.7 Å². The summed E-state index contributed by atoms with van der Waals surface area (Å²) in [6.45, 7) is 8.11. The quantitative estimate of drug-likeness (QED) is 0.235. The molecule has 1 aliphatic rings. The average molecular weight is 429 g/mol. The summed E-state index contributed by atoms with van der Waals surface area (Å²) in [5.74, 6) is -0.481. The van der Waals surface area contributed by atoms with Crippen LogP contribution < -0.4 is 9.47 Å². The molecule has 2 N–H and O–H groups in total. The molecule has 6 nitrogen and oxygen atoms in total. The molecule has 1 aromatic carbocycles. The maximum absolute atomic E-state index is 12.0. The highest BCUT2D eigenvalue weighted by molar-refractivity contribution is 5.91. The van der Waals surface area contributed by atoms with Crippen molar-refractivity contribution in [2.45, 2.75) is 51.9 Å². The Bertz CT molecular complexity index is 803. The van der Waals surface area contributed by atoms with Crippen LogP contribution in [0.5, 0.6) is 11.5 Å². The minimum atomic E-state index is -0.759. The molecular weight excluding hydrogens is 396 g/mol. The number of aliphatic hydroxyl groups excluding tert-OH is 2. The van der Waals surface area contributed by atoms with Crippen LogP contribution in [0.1, 0.15) is 57.4 Å². The Kier molecular flexibility index (Phi) is 9.69. The lowest BCUT2D eigenvalue weighted by Gasteiger charge is -2.22. The molecule has 0 bridgehead atoms. The highest BCUT2D eigenvalue weighted by Gasteiger charge is 2.19. The predicted octanol–water partition coefficient (Wildman–Crippen LogP) is 4.36. The summed E-state index contributed by atoms with van der Waals surface area (Å²) in [6, 6.07) is 4.83. The van der Waals surface area contributed by atoms with Crippen LogP contribution in [0.3, 0.4) is 0 Å². The van der Waals surface area contributed by atoms with Gasteiger partial charge in [0.15, 0.2) is 0 Å². The van der Waals surface area contributed by atoms with Crippen molar-refractivity contribution < 1.29 is 29.3 Å². The van der Waals surface area contributed by atoms with E-state index in [0.29, 0.717) is 5.92 Å². The molecule has 6 heteroatoms. The minimum Gasteiger partial charge on any atom is -0.423 e. The first-order valence-corrected chi connectivity index (χ1v) is 10.7. The summed E-state index contributed by atoms with van der Waals surface area (Å²) < 4.78 is 10.6. The number of carbonyl (C=O) groups is 2. The van der Waals surface area contributed by atoms with E-state index in [-0.39, 0.29) is 22.6 Å². The van der Waals surface area contributed by atoms with Gasteiger partial charge in [-0.15, -0.1) is 0 Å². The van der Waals surface area contributed by atoms with Gasteiger partial charge in [-0.25, -0.2) is 9.59 Å². The number of carbonyl (C=O) groups excluding carboxylic acids is 2. The van der Waals surface area contributed by atoms with Crippen LogP contribution >= 0.6 is 0 Å². The van der Waals surface area contributed by atoms with Crippen LogP contribution in [-0.2, 0) is 9.59 Å². The Labute approximate surface area is 183 Å². The summed E-state index contributed by atoms with van der Waals surface area (Å²) in [4.78, 5) is 24.1. The lowest BCUT2D eigenvalue weighted by molar-refractivity contribution is -0.131. The Morgan fingerprint density at radius 2 is 1.58 bits per heavy atom. The first-order valence-electron chi connectivity index (χ1n) is 10.7. The SMILES string of the molecule is C=C(CO)C(=O)Oc1cc(OC(=O)C(=C)CO)cc(C2=CCC(CCCCC)CC2)c1. The predicted molar refractivity (Wildman–Crippen MR) is 120 cm³/mol. The molecule has 0 saturated heterocycles. The number of esters is 2. The molecule has 0 saturated carbocycles. The first-order chi connectivity index (χ1) is 14.9. The van der Waals surface area contributed by atoms with Gasteiger partial charge in [-0.05, 0) is 48.4 Å². The molecule has 0 aromatic heterocycles. The van der Waals surface area contributed by atoms with Gasteiger partial charge in [0, 0.05) is 6.07 Å². The van der Waals surface area contributed by atoms with Gasteiger partial charge in [-0.3, -0.25) is 0 Å². The molecule has 0 aliphatic heterocycles. The zero-order valence-electron chi connectivity index (χ0n) is 18.2. The summed E-state index contributed by atoms with van der Waals surface area (Å²) >= 11 is 0. The van der Waals surface area contributed by atoms with Gasteiger partial charge in [0.1, 0.15) is 11.5 Å². The molecule has 1 atom stereocenters.